The van der Waals surface area contributed by atoms with Crippen LogP contribution in [0.3, 0.4) is 0 Å². The monoisotopic (exact) mass is 391 g/mol. The number of carbonyl (C=O) groups is 1. The van der Waals surface area contributed by atoms with E-state index >= 15 is 0 Å². The second-order valence-electron chi connectivity index (χ2n) is 7.06. The first-order chi connectivity index (χ1) is 12.4. The normalized spacial score (nSPS) is 20.1. The third kappa shape index (κ3) is 5.13. The van der Waals surface area contributed by atoms with Crippen LogP contribution < -0.4 is 10.6 Å². The van der Waals surface area contributed by atoms with Crippen molar-refractivity contribution in [2.45, 2.75) is 32.0 Å². The minimum absolute atomic E-state index is 0.167. The highest BCUT2D eigenvalue weighted by atomic mass is 35.5. The number of carbonyl (C=O) groups excluding carboxylic acids is 1. The van der Waals surface area contributed by atoms with Gasteiger partial charge in [-0.1, -0.05) is 59.6 Å². The van der Waals surface area contributed by atoms with Crippen LogP contribution in [0.15, 0.2) is 48.5 Å². The van der Waals surface area contributed by atoms with Crippen LogP contribution in [-0.4, -0.2) is 29.6 Å². The Kier molecular flexibility index (Phi) is 6.07. The van der Waals surface area contributed by atoms with Gasteiger partial charge in [-0.25, -0.2) is 4.79 Å². The topological polar surface area (TPSA) is 44.4 Å². The summed E-state index contributed by atoms with van der Waals surface area (Å²) in [5.41, 5.74) is 1.98. The number of nitrogens with one attached hydrogen (secondary N) is 2. The lowest BCUT2D eigenvalue weighted by molar-refractivity contribution is 0.224. The lowest BCUT2D eigenvalue weighted by Crippen LogP contribution is -2.51. The molecule has 0 spiro atoms. The molecule has 0 radical (unpaired) electrons. The molecular weight excluding hydrogens is 369 g/mol. The average Bonchev–Trinajstić information content (AvgIpc) is 2.97. The van der Waals surface area contributed by atoms with Crippen LogP contribution in [0, 0.1) is 0 Å². The molecule has 0 aromatic heterocycles. The zero-order chi connectivity index (χ0) is 18.6. The van der Waals surface area contributed by atoms with E-state index in [2.05, 4.69) is 46.7 Å². The maximum Gasteiger partial charge on any atom is 0.315 e. The summed E-state index contributed by atoms with van der Waals surface area (Å²) in [5, 5.41) is 7.01. The molecule has 0 aliphatic carbocycles. The van der Waals surface area contributed by atoms with Gasteiger partial charge in [-0.3, -0.25) is 4.90 Å². The van der Waals surface area contributed by atoms with Gasteiger partial charge in [-0.15, -0.1) is 0 Å². The van der Waals surface area contributed by atoms with Crippen molar-refractivity contribution in [2.24, 2.45) is 0 Å². The van der Waals surface area contributed by atoms with Crippen LogP contribution in [0.25, 0.3) is 0 Å². The number of benzene rings is 2. The van der Waals surface area contributed by atoms with Gasteiger partial charge in [0, 0.05) is 26.2 Å². The molecule has 3 rings (SSSR count). The summed E-state index contributed by atoms with van der Waals surface area (Å²) in [5.74, 6) is 0. The summed E-state index contributed by atoms with van der Waals surface area (Å²) in [4.78, 5) is 14.7. The molecule has 2 N–H and O–H groups in total. The highest BCUT2D eigenvalue weighted by molar-refractivity contribution is 6.42. The van der Waals surface area contributed by atoms with E-state index in [4.69, 9.17) is 23.2 Å². The summed E-state index contributed by atoms with van der Waals surface area (Å²) in [6.07, 6.45) is 0.931. The first-order valence-electron chi connectivity index (χ1n) is 8.70. The minimum atomic E-state index is -0.226. The van der Waals surface area contributed by atoms with Crippen LogP contribution >= 0.6 is 23.2 Å². The fourth-order valence-electron chi connectivity index (χ4n) is 3.29. The number of halogens is 2. The van der Waals surface area contributed by atoms with E-state index < -0.39 is 0 Å². The van der Waals surface area contributed by atoms with E-state index in [1.807, 2.05) is 12.1 Å². The largest absolute Gasteiger partial charge is 0.334 e. The van der Waals surface area contributed by atoms with Crippen LogP contribution in [-0.2, 0) is 13.1 Å². The lowest BCUT2D eigenvalue weighted by atomic mass is 10.0. The SMILES string of the molecule is CC1(NC(=O)NCc2ccc(Cl)c(Cl)c2)CCN(Cc2ccccc2)C1. The third-order valence-electron chi connectivity index (χ3n) is 4.65. The summed E-state index contributed by atoms with van der Waals surface area (Å²) in [6.45, 7) is 5.22. The van der Waals surface area contributed by atoms with Gasteiger partial charge in [0.1, 0.15) is 0 Å². The zero-order valence-electron chi connectivity index (χ0n) is 14.8. The van der Waals surface area contributed by atoms with Crippen LogP contribution in [0.4, 0.5) is 4.79 Å². The van der Waals surface area contributed by atoms with Crippen LogP contribution in [0.1, 0.15) is 24.5 Å². The fourth-order valence-corrected chi connectivity index (χ4v) is 3.61. The molecule has 1 fully saturated rings. The van der Waals surface area contributed by atoms with E-state index in [-0.39, 0.29) is 11.6 Å². The van der Waals surface area contributed by atoms with Crippen LogP contribution in [0.2, 0.25) is 10.0 Å². The van der Waals surface area contributed by atoms with E-state index in [0.29, 0.717) is 16.6 Å². The number of nitrogens with zero attached hydrogens (tertiary/aromatic N) is 1. The second kappa shape index (κ2) is 8.30. The van der Waals surface area contributed by atoms with E-state index in [1.54, 1.807) is 12.1 Å². The minimum Gasteiger partial charge on any atom is -0.334 e. The Bertz CT molecular complexity index is 769. The molecule has 2 amide bonds. The van der Waals surface area contributed by atoms with Gasteiger partial charge in [0.2, 0.25) is 0 Å². The Morgan fingerprint density at radius 2 is 1.88 bits per heavy atom. The number of urea groups is 1. The molecule has 0 bridgehead atoms. The molecule has 0 saturated carbocycles. The molecule has 1 saturated heterocycles. The summed E-state index contributed by atoms with van der Waals surface area (Å²) >= 11 is 11.9. The predicted molar refractivity (Wildman–Crippen MR) is 107 cm³/mol. The molecule has 2 aromatic carbocycles. The van der Waals surface area contributed by atoms with Crippen molar-refractivity contribution in [1.82, 2.24) is 15.5 Å². The lowest BCUT2D eigenvalue weighted by Gasteiger charge is -2.26. The van der Waals surface area contributed by atoms with Crippen molar-refractivity contribution in [3.63, 3.8) is 0 Å². The summed E-state index contributed by atoms with van der Waals surface area (Å²) in [6, 6.07) is 15.6. The highest BCUT2D eigenvalue weighted by Crippen LogP contribution is 2.23. The van der Waals surface area contributed by atoms with E-state index in [0.717, 1.165) is 31.6 Å². The summed E-state index contributed by atoms with van der Waals surface area (Å²) < 4.78 is 0. The van der Waals surface area contributed by atoms with E-state index in [1.165, 1.54) is 5.56 Å². The molecule has 4 nitrogen and oxygen atoms in total. The van der Waals surface area contributed by atoms with Gasteiger partial charge in [-0.05, 0) is 36.6 Å². The van der Waals surface area contributed by atoms with Gasteiger partial charge in [0.05, 0.1) is 15.6 Å². The number of hydrogen-bond donors (Lipinski definition) is 2. The van der Waals surface area contributed by atoms with Crippen LogP contribution in [0.5, 0.6) is 0 Å². The standard InChI is InChI=1S/C20H23Cl2N3O/c1-20(9-10-25(14-20)13-15-5-3-2-4-6-15)24-19(26)23-12-16-7-8-17(21)18(22)11-16/h2-8,11H,9-10,12-14H2,1H3,(H2,23,24,26). The average molecular weight is 392 g/mol. The van der Waals surface area contributed by atoms with Gasteiger partial charge >= 0.3 is 6.03 Å². The number of likely N-dealkylation sites (tertiary alicyclic amines) is 1. The Morgan fingerprint density at radius 1 is 1.12 bits per heavy atom. The van der Waals surface area contributed by atoms with Gasteiger partial charge in [0.15, 0.2) is 0 Å². The van der Waals surface area contributed by atoms with Crippen molar-refractivity contribution in [3.8, 4) is 0 Å². The Balaban J connectivity index is 1.48. The smallest absolute Gasteiger partial charge is 0.315 e. The van der Waals surface area contributed by atoms with Crippen molar-refractivity contribution in [1.29, 1.82) is 0 Å². The maximum absolute atomic E-state index is 12.3. The molecule has 6 heteroatoms. The van der Waals surface area contributed by atoms with Gasteiger partial charge < -0.3 is 10.6 Å². The molecule has 138 valence electrons. The molecule has 1 aliphatic rings. The molecular formula is C20H23Cl2N3O. The van der Waals surface area contributed by atoms with Crippen molar-refractivity contribution >= 4 is 29.2 Å². The second-order valence-corrected chi connectivity index (χ2v) is 7.88. The highest BCUT2D eigenvalue weighted by Gasteiger charge is 2.34. The van der Waals surface area contributed by atoms with Gasteiger partial charge in [0.25, 0.3) is 0 Å². The molecule has 1 atom stereocenters. The third-order valence-corrected chi connectivity index (χ3v) is 5.39. The first-order valence-corrected chi connectivity index (χ1v) is 9.45. The molecule has 1 aliphatic heterocycles. The Hall–Kier alpha value is -1.75. The number of rotatable bonds is 5. The Labute approximate surface area is 164 Å². The predicted octanol–water partition coefficient (Wildman–Crippen LogP) is 4.46. The first kappa shape index (κ1) is 19.0. The van der Waals surface area contributed by atoms with Crippen molar-refractivity contribution in [3.05, 3.63) is 69.7 Å². The zero-order valence-corrected chi connectivity index (χ0v) is 16.3. The van der Waals surface area contributed by atoms with E-state index in [9.17, 15) is 4.79 Å². The molecule has 26 heavy (non-hydrogen) atoms. The summed E-state index contributed by atoms with van der Waals surface area (Å²) in [7, 11) is 0. The quantitative estimate of drug-likeness (QED) is 0.789. The van der Waals surface area contributed by atoms with Gasteiger partial charge in [-0.2, -0.15) is 0 Å². The Morgan fingerprint density at radius 3 is 2.62 bits per heavy atom. The molecule has 1 unspecified atom stereocenters. The molecule has 2 aromatic rings. The maximum atomic E-state index is 12.3. The number of amides is 2. The fraction of sp³-hybridized carbons (Fsp3) is 0.350. The number of hydrogen-bond acceptors (Lipinski definition) is 2. The van der Waals surface area contributed by atoms with Crippen molar-refractivity contribution in [2.75, 3.05) is 13.1 Å². The van der Waals surface area contributed by atoms with Crippen molar-refractivity contribution < 1.29 is 4.79 Å². The molecule has 1 heterocycles.